The number of nitrogens with one attached hydrogen (secondary N) is 1. The van der Waals surface area contributed by atoms with Crippen LogP contribution in [-0.2, 0) is 4.79 Å². The maximum atomic E-state index is 12.3. The molecule has 0 aliphatic carbocycles. The predicted molar refractivity (Wildman–Crippen MR) is 116 cm³/mol. The van der Waals surface area contributed by atoms with Gasteiger partial charge in [0.1, 0.15) is 5.82 Å². The number of rotatable bonds is 8. The Bertz CT molecular complexity index is 722. The zero-order valence-electron chi connectivity index (χ0n) is 17.0. The number of piperazine rings is 1. The molecule has 28 heavy (non-hydrogen) atoms. The van der Waals surface area contributed by atoms with E-state index in [0.717, 1.165) is 57.3 Å². The minimum Gasteiger partial charge on any atom is -0.372 e. The van der Waals surface area contributed by atoms with E-state index in [2.05, 4.69) is 57.0 Å². The van der Waals surface area contributed by atoms with Gasteiger partial charge < -0.3 is 15.1 Å². The molecule has 1 aliphatic rings. The normalized spacial score (nSPS) is 14.7. The van der Waals surface area contributed by atoms with E-state index in [0.29, 0.717) is 6.42 Å². The summed E-state index contributed by atoms with van der Waals surface area (Å²) in [4.78, 5) is 23.7. The van der Waals surface area contributed by atoms with Gasteiger partial charge in [-0.3, -0.25) is 9.69 Å². The third kappa shape index (κ3) is 5.45. The average molecular weight is 382 g/mol. The number of carbonyl (C=O) groups is 1. The molecule has 0 radical (unpaired) electrons. The molecule has 1 saturated heterocycles. The molecule has 0 atom stereocenters. The standard InChI is InChI=1S/C22H31N5O/c1-3-26(4-2)20-10-8-19(9-11-20)24-22(28)12-14-25-15-17-27(18-16-25)21-7-5-6-13-23-21/h5-11,13H,3-4,12,14-18H2,1-2H3,(H,24,28). The highest BCUT2D eigenvalue weighted by Crippen LogP contribution is 2.18. The van der Waals surface area contributed by atoms with Crippen molar-refractivity contribution in [3.05, 3.63) is 48.7 Å². The van der Waals surface area contributed by atoms with Gasteiger partial charge in [-0.05, 0) is 50.2 Å². The molecule has 1 fully saturated rings. The minimum atomic E-state index is 0.0720. The average Bonchev–Trinajstić information content (AvgIpc) is 2.75. The Labute approximate surface area is 168 Å². The van der Waals surface area contributed by atoms with Gasteiger partial charge in [0, 0.05) is 69.8 Å². The van der Waals surface area contributed by atoms with Gasteiger partial charge in [0.2, 0.25) is 5.91 Å². The number of carbonyl (C=O) groups excluding carboxylic acids is 1. The van der Waals surface area contributed by atoms with E-state index >= 15 is 0 Å². The molecule has 0 bridgehead atoms. The second-order valence-electron chi connectivity index (χ2n) is 7.03. The quantitative estimate of drug-likeness (QED) is 0.762. The molecule has 1 N–H and O–H groups in total. The third-order valence-corrected chi connectivity index (χ3v) is 5.28. The maximum Gasteiger partial charge on any atom is 0.225 e. The highest BCUT2D eigenvalue weighted by atomic mass is 16.1. The number of benzene rings is 1. The Morgan fingerprint density at radius 3 is 2.36 bits per heavy atom. The van der Waals surface area contributed by atoms with Crippen LogP contribution in [0.4, 0.5) is 17.2 Å². The van der Waals surface area contributed by atoms with Crippen molar-refractivity contribution >= 4 is 23.1 Å². The van der Waals surface area contributed by atoms with Crippen molar-refractivity contribution in [2.24, 2.45) is 0 Å². The van der Waals surface area contributed by atoms with Crippen LogP contribution in [0.2, 0.25) is 0 Å². The molecular weight excluding hydrogens is 350 g/mol. The van der Waals surface area contributed by atoms with Gasteiger partial charge in [0.15, 0.2) is 0 Å². The molecule has 2 heterocycles. The number of amides is 1. The molecule has 2 aromatic rings. The Morgan fingerprint density at radius 2 is 1.75 bits per heavy atom. The summed E-state index contributed by atoms with van der Waals surface area (Å²) in [5, 5.41) is 3.01. The van der Waals surface area contributed by atoms with Crippen LogP contribution in [0.15, 0.2) is 48.7 Å². The SMILES string of the molecule is CCN(CC)c1ccc(NC(=O)CCN2CCN(c3ccccn3)CC2)cc1. The van der Waals surface area contributed by atoms with Gasteiger partial charge in [0.25, 0.3) is 0 Å². The topological polar surface area (TPSA) is 51.7 Å². The zero-order valence-corrected chi connectivity index (χ0v) is 17.0. The summed E-state index contributed by atoms with van der Waals surface area (Å²) in [6.07, 6.45) is 2.35. The molecule has 150 valence electrons. The van der Waals surface area contributed by atoms with Crippen LogP contribution in [0, 0.1) is 0 Å². The van der Waals surface area contributed by atoms with Gasteiger partial charge >= 0.3 is 0 Å². The first-order chi connectivity index (χ1) is 13.7. The zero-order chi connectivity index (χ0) is 19.8. The fraction of sp³-hybridized carbons (Fsp3) is 0.455. The Balaban J connectivity index is 1.40. The fourth-order valence-electron chi connectivity index (χ4n) is 3.57. The molecule has 0 unspecified atom stereocenters. The maximum absolute atomic E-state index is 12.3. The molecule has 6 heteroatoms. The number of hydrogen-bond donors (Lipinski definition) is 1. The van der Waals surface area contributed by atoms with E-state index in [4.69, 9.17) is 0 Å². The molecule has 0 spiro atoms. The Morgan fingerprint density at radius 1 is 1.04 bits per heavy atom. The molecule has 1 aromatic heterocycles. The smallest absolute Gasteiger partial charge is 0.225 e. The van der Waals surface area contributed by atoms with Crippen LogP contribution < -0.4 is 15.1 Å². The van der Waals surface area contributed by atoms with Gasteiger partial charge in [0.05, 0.1) is 0 Å². The first kappa shape index (κ1) is 20.1. The molecule has 6 nitrogen and oxygen atoms in total. The largest absolute Gasteiger partial charge is 0.372 e. The van der Waals surface area contributed by atoms with Crippen molar-refractivity contribution in [2.75, 3.05) is 60.9 Å². The van der Waals surface area contributed by atoms with Crippen molar-refractivity contribution in [1.29, 1.82) is 0 Å². The van der Waals surface area contributed by atoms with Crippen LogP contribution in [0.25, 0.3) is 0 Å². The molecule has 1 aliphatic heterocycles. The highest BCUT2D eigenvalue weighted by Gasteiger charge is 2.18. The van der Waals surface area contributed by atoms with Crippen LogP contribution >= 0.6 is 0 Å². The van der Waals surface area contributed by atoms with Crippen molar-refractivity contribution in [3.8, 4) is 0 Å². The summed E-state index contributed by atoms with van der Waals surface area (Å²) in [6.45, 7) is 10.9. The molecule has 1 amide bonds. The summed E-state index contributed by atoms with van der Waals surface area (Å²) < 4.78 is 0. The van der Waals surface area contributed by atoms with Crippen molar-refractivity contribution in [2.45, 2.75) is 20.3 Å². The van der Waals surface area contributed by atoms with Crippen molar-refractivity contribution in [1.82, 2.24) is 9.88 Å². The lowest BCUT2D eigenvalue weighted by atomic mass is 10.2. The van der Waals surface area contributed by atoms with Crippen LogP contribution in [0.1, 0.15) is 20.3 Å². The number of pyridine rings is 1. The van der Waals surface area contributed by atoms with Crippen LogP contribution in [-0.4, -0.2) is 61.6 Å². The first-order valence-corrected chi connectivity index (χ1v) is 10.2. The Hall–Kier alpha value is -2.60. The summed E-state index contributed by atoms with van der Waals surface area (Å²) in [5.41, 5.74) is 2.05. The lowest BCUT2D eigenvalue weighted by Gasteiger charge is -2.35. The van der Waals surface area contributed by atoms with Gasteiger partial charge in [-0.1, -0.05) is 6.07 Å². The van der Waals surface area contributed by atoms with E-state index in [-0.39, 0.29) is 5.91 Å². The number of nitrogens with zero attached hydrogens (tertiary/aromatic N) is 4. The molecular formula is C22H31N5O. The number of aromatic nitrogens is 1. The molecule has 3 rings (SSSR count). The number of hydrogen-bond acceptors (Lipinski definition) is 5. The summed E-state index contributed by atoms with van der Waals surface area (Å²) >= 11 is 0. The first-order valence-electron chi connectivity index (χ1n) is 10.2. The molecule has 1 aromatic carbocycles. The summed E-state index contributed by atoms with van der Waals surface area (Å²) in [6, 6.07) is 14.1. The lowest BCUT2D eigenvalue weighted by Crippen LogP contribution is -2.47. The van der Waals surface area contributed by atoms with Crippen molar-refractivity contribution in [3.63, 3.8) is 0 Å². The van der Waals surface area contributed by atoms with Crippen LogP contribution in [0.3, 0.4) is 0 Å². The van der Waals surface area contributed by atoms with Gasteiger partial charge in [-0.2, -0.15) is 0 Å². The Kier molecular flexibility index (Phi) is 7.25. The highest BCUT2D eigenvalue weighted by molar-refractivity contribution is 5.91. The molecule has 0 saturated carbocycles. The summed E-state index contributed by atoms with van der Waals surface area (Å²) in [5.74, 6) is 1.11. The predicted octanol–water partition coefficient (Wildman–Crippen LogP) is 3.08. The fourth-order valence-corrected chi connectivity index (χ4v) is 3.57. The van der Waals surface area contributed by atoms with Gasteiger partial charge in [-0.15, -0.1) is 0 Å². The van der Waals surface area contributed by atoms with E-state index in [1.165, 1.54) is 5.69 Å². The number of anilines is 3. The van der Waals surface area contributed by atoms with E-state index in [1.54, 1.807) is 0 Å². The third-order valence-electron chi connectivity index (χ3n) is 5.28. The minimum absolute atomic E-state index is 0.0720. The van der Waals surface area contributed by atoms with E-state index in [9.17, 15) is 4.79 Å². The lowest BCUT2D eigenvalue weighted by molar-refractivity contribution is -0.116. The van der Waals surface area contributed by atoms with E-state index in [1.807, 2.05) is 30.5 Å². The van der Waals surface area contributed by atoms with E-state index < -0.39 is 0 Å². The van der Waals surface area contributed by atoms with Crippen molar-refractivity contribution < 1.29 is 4.79 Å². The monoisotopic (exact) mass is 381 g/mol. The second kappa shape index (κ2) is 10.1. The van der Waals surface area contributed by atoms with Crippen LogP contribution in [0.5, 0.6) is 0 Å². The van der Waals surface area contributed by atoms with Gasteiger partial charge in [-0.25, -0.2) is 4.98 Å². The second-order valence-corrected chi connectivity index (χ2v) is 7.03. The summed E-state index contributed by atoms with van der Waals surface area (Å²) in [7, 11) is 0.